The lowest BCUT2D eigenvalue weighted by molar-refractivity contribution is 0.0634. The molecule has 0 spiro atoms. The van der Waals surface area contributed by atoms with Crippen molar-refractivity contribution in [3.05, 3.63) is 86.8 Å². The predicted molar refractivity (Wildman–Crippen MR) is 144 cm³/mol. The summed E-state index contributed by atoms with van der Waals surface area (Å²) in [6.45, 7) is 0.722. The minimum atomic E-state index is -0.905. The molecule has 3 aromatic rings. The van der Waals surface area contributed by atoms with Crippen molar-refractivity contribution < 1.29 is 18.7 Å². The van der Waals surface area contributed by atoms with Gasteiger partial charge in [0, 0.05) is 35.2 Å². The van der Waals surface area contributed by atoms with Crippen molar-refractivity contribution in [2.75, 3.05) is 24.6 Å². The Hall–Kier alpha value is -2.85. The van der Waals surface area contributed by atoms with E-state index in [0.717, 1.165) is 46.6 Å². The van der Waals surface area contributed by atoms with Crippen molar-refractivity contribution in [2.24, 2.45) is 5.92 Å². The predicted octanol–water partition coefficient (Wildman–Crippen LogP) is 5.20. The van der Waals surface area contributed by atoms with Crippen LogP contribution in [0.15, 0.2) is 52.3 Å². The van der Waals surface area contributed by atoms with Crippen molar-refractivity contribution in [1.82, 2.24) is 14.7 Å². The molecule has 3 heterocycles. The second kappa shape index (κ2) is 10.4. The van der Waals surface area contributed by atoms with Gasteiger partial charge < -0.3 is 10.0 Å². The average molecular weight is 556 g/mol. The van der Waals surface area contributed by atoms with Gasteiger partial charge in [-0.05, 0) is 59.9 Å². The molecule has 0 saturated heterocycles. The van der Waals surface area contributed by atoms with Crippen molar-refractivity contribution in [1.29, 1.82) is 0 Å². The van der Waals surface area contributed by atoms with Gasteiger partial charge in [0.2, 0.25) is 5.43 Å². The number of fused-ring (bicyclic) bond motifs is 3. The number of carbonyl (C=O) groups is 1. The zero-order valence-corrected chi connectivity index (χ0v) is 22.2. The molecule has 10 heteroatoms. The zero-order chi connectivity index (χ0) is 26.4. The van der Waals surface area contributed by atoms with E-state index >= 15 is 4.39 Å². The lowest BCUT2D eigenvalue weighted by Gasteiger charge is -2.39. The number of carbonyl (C=O) groups excluding carboxylic acids is 1. The van der Waals surface area contributed by atoms with Gasteiger partial charge in [0.05, 0.1) is 12.2 Å². The summed E-state index contributed by atoms with van der Waals surface area (Å²) < 4.78 is 30.9. The van der Waals surface area contributed by atoms with Crippen LogP contribution < -0.4 is 5.43 Å². The van der Waals surface area contributed by atoms with E-state index in [-0.39, 0.29) is 23.6 Å². The highest BCUT2D eigenvalue weighted by molar-refractivity contribution is 7.99. The van der Waals surface area contributed by atoms with Gasteiger partial charge >= 0.3 is 0 Å². The number of aromatic hydroxyl groups is 1. The van der Waals surface area contributed by atoms with E-state index < -0.39 is 40.7 Å². The van der Waals surface area contributed by atoms with Crippen LogP contribution in [0.1, 0.15) is 58.4 Å². The van der Waals surface area contributed by atoms with Crippen LogP contribution in [0.2, 0.25) is 0 Å². The maximum atomic E-state index is 15.1. The number of hydrogen-bond acceptors (Lipinski definition) is 6. The lowest BCUT2D eigenvalue weighted by Crippen LogP contribution is -2.47. The third kappa shape index (κ3) is 4.62. The van der Waals surface area contributed by atoms with Gasteiger partial charge in [-0.1, -0.05) is 24.3 Å². The van der Waals surface area contributed by atoms with Gasteiger partial charge in [-0.25, -0.2) is 8.78 Å². The topological polar surface area (TPSA) is 75.4 Å². The van der Waals surface area contributed by atoms with Crippen LogP contribution in [0.5, 0.6) is 5.75 Å². The second-order valence-corrected chi connectivity index (χ2v) is 12.2. The number of rotatable bonds is 7. The molecular weight excluding hydrogens is 528 g/mol. The van der Waals surface area contributed by atoms with E-state index in [4.69, 9.17) is 0 Å². The summed E-state index contributed by atoms with van der Waals surface area (Å²) in [6.07, 6.45) is 4.37. The van der Waals surface area contributed by atoms with E-state index in [1.54, 1.807) is 11.0 Å². The second-order valence-electron chi connectivity index (χ2n) is 10.1. The third-order valence-corrected chi connectivity index (χ3v) is 9.94. The molecule has 0 bridgehead atoms. The summed E-state index contributed by atoms with van der Waals surface area (Å²) in [6, 6.07) is 9.92. The molecule has 1 N–H and O–H groups in total. The van der Waals surface area contributed by atoms with Crippen LogP contribution in [0.4, 0.5) is 8.78 Å². The molecule has 6 rings (SSSR count). The highest BCUT2D eigenvalue weighted by Crippen LogP contribution is 2.48. The van der Waals surface area contributed by atoms with Crippen molar-refractivity contribution in [3.8, 4) is 5.75 Å². The number of nitrogens with zero attached hydrogens (tertiary/aromatic N) is 3. The summed E-state index contributed by atoms with van der Waals surface area (Å²) in [5.41, 5.74) is 0.926. The molecule has 0 radical (unpaired) electrons. The summed E-state index contributed by atoms with van der Waals surface area (Å²) in [7, 11) is 0. The first-order chi connectivity index (χ1) is 18.4. The first kappa shape index (κ1) is 25.4. The fourth-order valence-corrected chi connectivity index (χ4v) is 7.72. The molecule has 1 unspecified atom stereocenters. The van der Waals surface area contributed by atoms with Gasteiger partial charge in [0.15, 0.2) is 23.1 Å². The van der Waals surface area contributed by atoms with Crippen LogP contribution in [-0.2, 0) is 5.75 Å². The quantitative estimate of drug-likeness (QED) is 0.404. The summed E-state index contributed by atoms with van der Waals surface area (Å²) in [5, 5.41) is 15.0. The van der Waals surface area contributed by atoms with E-state index in [1.807, 2.05) is 36.0 Å². The van der Waals surface area contributed by atoms with Crippen LogP contribution in [0, 0.1) is 17.6 Å². The molecule has 38 heavy (non-hydrogen) atoms. The van der Waals surface area contributed by atoms with Gasteiger partial charge in [-0.15, -0.1) is 11.8 Å². The largest absolute Gasteiger partial charge is 0.502 e. The summed E-state index contributed by atoms with van der Waals surface area (Å²) in [4.78, 5) is 28.4. The molecule has 1 aliphatic carbocycles. The Morgan fingerprint density at radius 3 is 2.74 bits per heavy atom. The SMILES string of the molecule is O=C1c2c(O)c(=O)cnn2C([C@@H]2c3ccccc3SCc3c2ccc(F)c3F)CN1CCCSCC1CC1. The number of benzene rings is 2. The molecule has 1 amide bonds. The highest BCUT2D eigenvalue weighted by atomic mass is 32.2. The summed E-state index contributed by atoms with van der Waals surface area (Å²) in [5.74, 6) is -0.223. The number of aromatic nitrogens is 2. The third-order valence-electron chi connectivity index (χ3n) is 7.54. The number of hydrogen-bond donors (Lipinski definition) is 1. The van der Waals surface area contributed by atoms with Crippen molar-refractivity contribution in [3.63, 3.8) is 0 Å². The van der Waals surface area contributed by atoms with Crippen LogP contribution in [0.3, 0.4) is 0 Å². The Morgan fingerprint density at radius 2 is 1.92 bits per heavy atom. The van der Waals surface area contributed by atoms with E-state index in [0.29, 0.717) is 12.1 Å². The number of amides is 1. The van der Waals surface area contributed by atoms with Gasteiger partial charge in [0.1, 0.15) is 0 Å². The molecule has 6 nitrogen and oxygen atoms in total. The molecule has 1 fully saturated rings. The molecule has 1 saturated carbocycles. The Morgan fingerprint density at radius 1 is 1.11 bits per heavy atom. The molecule has 1 aromatic heterocycles. The van der Waals surface area contributed by atoms with E-state index in [1.165, 1.54) is 29.3 Å². The molecule has 2 aromatic carbocycles. The number of halogens is 2. The molecule has 2 aliphatic heterocycles. The van der Waals surface area contributed by atoms with Gasteiger partial charge in [-0.2, -0.15) is 16.9 Å². The molecule has 198 valence electrons. The minimum absolute atomic E-state index is 0.155. The Kier molecular flexibility index (Phi) is 6.94. The van der Waals surface area contributed by atoms with Crippen LogP contribution in [0.25, 0.3) is 0 Å². The average Bonchev–Trinajstić information content (AvgIpc) is 3.75. The van der Waals surface area contributed by atoms with Gasteiger partial charge in [-0.3, -0.25) is 14.3 Å². The fourth-order valence-electron chi connectivity index (χ4n) is 5.42. The fraction of sp³-hybridized carbons (Fsp3) is 0.393. The summed E-state index contributed by atoms with van der Waals surface area (Å²) >= 11 is 3.32. The number of thioether (sulfide) groups is 2. The first-order valence-electron chi connectivity index (χ1n) is 12.8. The van der Waals surface area contributed by atoms with Crippen molar-refractivity contribution in [2.45, 2.75) is 41.9 Å². The van der Waals surface area contributed by atoms with Crippen LogP contribution in [-0.4, -0.2) is 50.3 Å². The highest BCUT2D eigenvalue weighted by Gasteiger charge is 2.42. The maximum Gasteiger partial charge on any atom is 0.276 e. The Bertz CT molecular complexity index is 1460. The Balaban J connectivity index is 1.43. The Labute approximate surface area is 227 Å². The molecule has 3 aliphatic rings. The lowest BCUT2D eigenvalue weighted by atomic mass is 9.81. The van der Waals surface area contributed by atoms with E-state index in [2.05, 4.69) is 5.10 Å². The normalized spacial score (nSPS) is 20.5. The maximum absolute atomic E-state index is 15.1. The first-order valence-corrected chi connectivity index (χ1v) is 14.9. The van der Waals surface area contributed by atoms with Gasteiger partial charge in [0.25, 0.3) is 5.91 Å². The minimum Gasteiger partial charge on any atom is -0.502 e. The smallest absolute Gasteiger partial charge is 0.276 e. The standard InChI is InChI=1S/C28H27F2N3O3S2/c29-20-9-8-17-19(25(20)30)15-38-23-5-2-1-4-18(23)24(17)21-13-32(10-3-11-37-14-16-6-7-16)28(36)26-27(35)22(34)12-31-33(21)26/h1-2,4-5,8-9,12,16,21,24,35H,3,6-7,10-11,13-15H2/t21?,24-/m0/s1. The molecular formula is C28H27F2N3O3S2. The van der Waals surface area contributed by atoms with E-state index in [9.17, 15) is 19.1 Å². The van der Waals surface area contributed by atoms with Crippen LogP contribution >= 0.6 is 23.5 Å². The van der Waals surface area contributed by atoms with Crippen molar-refractivity contribution >= 4 is 29.4 Å². The monoisotopic (exact) mass is 555 g/mol. The zero-order valence-electron chi connectivity index (χ0n) is 20.6. The molecule has 2 atom stereocenters.